The van der Waals surface area contributed by atoms with E-state index in [0.29, 0.717) is 28.8 Å². The van der Waals surface area contributed by atoms with Crippen molar-refractivity contribution in [2.75, 3.05) is 7.05 Å². The molecule has 1 heterocycles. The van der Waals surface area contributed by atoms with Crippen LogP contribution in [0, 0.1) is 6.92 Å². The largest absolute Gasteiger partial charge is 0.449 e. The number of rotatable bonds is 5. The predicted octanol–water partition coefficient (Wildman–Crippen LogP) is 3.06. The van der Waals surface area contributed by atoms with Crippen molar-refractivity contribution in [3.8, 4) is 0 Å². The molecule has 0 N–H and O–H groups in total. The van der Waals surface area contributed by atoms with E-state index in [0.717, 1.165) is 25.7 Å². The molecule has 29 heavy (non-hydrogen) atoms. The minimum atomic E-state index is -0.857. The molecule has 1 fully saturated rings. The van der Waals surface area contributed by atoms with Gasteiger partial charge in [0, 0.05) is 19.6 Å². The van der Waals surface area contributed by atoms with Crippen LogP contribution in [0.1, 0.15) is 62.0 Å². The summed E-state index contributed by atoms with van der Waals surface area (Å²) in [5, 5.41) is 0. The molecule has 1 atom stereocenters. The molecular formula is C22H29N3O4. The van der Waals surface area contributed by atoms with Crippen LogP contribution in [0.2, 0.25) is 0 Å². The third kappa shape index (κ3) is 4.33. The number of nitrogens with zero attached hydrogens (tertiary/aromatic N) is 3. The summed E-state index contributed by atoms with van der Waals surface area (Å²) in [5.74, 6) is -0.752. The number of aryl methyl sites for hydroxylation is 2. The molecule has 1 amide bonds. The Morgan fingerprint density at radius 2 is 1.97 bits per heavy atom. The molecule has 2 aromatic rings. The molecule has 1 aromatic heterocycles. The third-order valence-corrected chi connectivity index (χ3v) is 5.76. The van der Waals surface area contributed by atoms with E-state index in [-0.39, 0.29) is 17.5 Å². The van der Waals surface area contributed by atoms with E-state index < -0.39 is 12.1 Å². The molecule has 0 radical (unpaired) electrons. The molecular weight excluding hydrogens is 370 g/mol. The van der Waals surface area contributed by atoms with Crippen molar-refractivity contribution in [3.63, 3.8) is 0 Å². The molecule has 1 aliphatic rings. The summed E-state index contributed by atoms with van der Waals surface area (Å²) in [6, 6.07) is 5.13. The molecule has 7 nitrogen and oxygen atoms in total. The van der Waals surface area contributed by atoms with Crippen molar-refractivity contribution >= 4 is 22.9 Å². The highest BCUT2D eigenvalue weighted by Crippen LogP contribution is 2.22. The highest BCUT2D eigenvalue weighted by atomic mass is 16.5. The van der Waals surface area contributed by atoms with Crippen molar-refractivity contribution in [1.29, 1.82) is 0 Å². The monoisotopic (exact) mass is 399 g/mol. The number of amides is 1. The Morgan fingerprint density at radius 1 is 1.28 bits per heavy atom. The van der Waals surface area contributed by atoms with Crippen LogP contribution in [-0.2, 0) is 16.1 Å². The zero-order valence-corrected chi connectivity index (χ0v) is 17.6. The lowest BCUT2D eigenvalue weighted by atomic mass is 9.94. The SMILES string of the molecule is CCn1c(=O)c(C)nc2cc(C(=O)O[C@@H](C)C(=O)N(C)C3CCCCC3)ccc21. The van der Waals surface area contributed by atoms with Crippen LogP contribution in [0.5, 0.6) is 0 Å². The first-order valence-electron chi connectivity index (χ1n) is 10.3. The van der Waals surface area contributed by atoms with Gasteiger partial charge in [0.15, 0.2) is 6.10 Å². The van der Waals surface area contributed by atoms with Crippen molar-refractivity contribution in [1.82, 2.24) is 14.5 Å². The summed E-state index contributed by atoms with van der Waals surface area (Å²) in [6.45, 7) is 5.67. The summed E-state index contributed by atoms with van der Waals surface area (Å²) in [7, 11) is 1.79. The molecule has 0 saturated heterocycles. The molecule has 7 heteroatoms. The van der Waals surface area contributed by atoms with E-state index >= 15 is 0 Å². The number of carbonyl (C=O) groups is 2. The molecule has 1 saturated carbocycles. The minimum Gasteiger partial charge on any atom is -0.449 e. The van der Waals surface area contributed by atoms with Gasteiger partial charge in [0.05, 0.1) is 16.6 Å². The molecule has 0 spiro atoms. The normalized spacial score (nSPS) is 15.9. The molecule has 156 valence electrons. The number of hydrogen-bond acceptors (Lipinski definition) is 5. The third-order valence-electron chi connectivity index (χ3n) is 5.76. The highest BCUT2D eigenvalue weighted by molar-refractivity contribution is 5.95. The van der Waals surface area contributed by atoms with Gasteiger partial charge in [-0.2, -0.15) is 0 Å². The first-order chi connectivity index (χ1) is 13.8. The number of esters is 1. The Labute approximate surface area is 170 Å². The number of likely N-dealkylation sites (N-methyl/N-ethyl adjacent to an activating group) is 1. The first kappa shape index (κ1) is 21.0. The Morgan fingerprint density at radius 3 is 2.62 bits per heavy atom. The molecule has 3 rings (SSSR count). The minimum absolute atomic E-state index is 0.139. The van der Waals surface area contributed by atoms with Gasteiger partial charge in [-0.05, 0) is 51.8 Å². The van der Waals surface area contributed by atoms with E-state index in [9.17, 15) is 14.4 Å². The zero-order valence-electron chi connectivity index (χ0n) is 17.6. The number of carbonyl (C=O) groups excluding carboxylic acids is 2. The number of aromatic nitrogens is 2. The van der Waals surface area contributed by atoms with Gasteiger partial charge in [-0.3, -0.25) is 9.59 Å². The van der Waals surface area contributed by atoms with Gasteiger partial charge in [-0.1, -0.05) is 19.3 Å². The summed E-state index contributed by atoms with van der Waals surface area (Å²) in [6.07, 6.45) is 4.61. The quantitative estimate of drug-likeness (QED) is 0.722. The van der Waals surface area contributed by atoms with Gasteiger partial charge in [0.1, 0.15) is 5.69 Å². The van der Waals surface area contributed by atoms with E-state index in [4.69, 9.17) is 4.74 Å². The summed E-state index contributed by atoms with van der Waals surface area (Å²) in [4.78, 5) is 43.6. The lowest BCUT2D eigenvalue weighted by molar-refractivity contribution is -0.141. The van der Waals surface area contributed by atoms with Crippen LogP contribution >= 0.6 is 0 Å². The van der Waals surface area contributed by atoms with E-state index in [1.807, 2.05) is 6.92 Å². The summed E-state index contributed by atoms with van der Waals surface area (Å²) < 4.78 is 7.07. The molecule has 1 aliphatic carbocycles. The fourth-order valence-electron chi connectivity index (χ4n) is 4.03. The maximum atomic E-state index is 12.7. The molecule has 1 aromatic carbocycles. The Hall–Kier alpha value is -2.70. The van der Waals surface area contributed by atoms with Crippen LogP contribution in [0.3, 0.4) is 0 Å². The summed E-state index contributed by atoms with van der Waals surface area (Å²) >= 11 is 0. The van der Waals surface area contributed by atoms with Crippen molar-refractivity contribution in [2.24, 2.45) is 0 Å². The van der Waals surface area contributed by atoms with Crippen molar-refractivity contribution in [2.45, 2.75) is 71.6 Å². The fraction of sp³-hybridized carbons (Fsp3) is 0.545. The smallest absolute Gasteiger partial charge is 0.338 e. The molecule has 0 aliphatic heterocycles. The Balaban J connectivity index is 1.76. The van der Waals surface area contributed by atoms with Gasteiger partial charge in [0.25, 0.3) is 11.5 Å². The average molecular weight is 399 g/mol. The topological polar surface area (TPSA) is 81.5 Å². The average Bonchev–Trinajstić information content (AvgIpc) is 2.73. The number of ether oxygens (including phenoxy) is 1. The van der Waals surface area contributed by atoms with Crippen LogP contribution < -0.4 is 5.56 Å². The van der Waals surface area contributed by atoms with Crippen LogP contribution in [0.25, 0.3) is 11.0 Å². The maximum absolute atomic E-state index is 12.7. The molecule has 0 bridgehead atoms. The van der Waals surface area contributed by atoms with Gasteiger partial charge in [0.2, 0.25) is 0 Å². The number of hydrogen-bond donors (Lipinski definition) is 0. The fourth-order valence-corrected chi connectivity index (χ4v) is 4.03. The first-order valence-corrected chi connectivity index (χ1v) is 10.3. The van der Waals surface area contributed by atoms with Crippen LogP contribution in [0.4, 0.5) is 0 Å². The van der Waals surface area contributed by atoms with E-state index in [2.05, 4.69) is 4.98 Å². The van der Waals surface area contributed by atoms with Crippen LogP contribution in [0.15, 0.2) is 23.0 Å². The van der Waals surface area contributed by atoms with E-state index in [1.165, 1.54) is 6.42 Å². The predicted molar refractivity (Wildman–Crippen MR) is 111 cm³/mol. The van der Waals surface area contributed by atoms with Gasteiger partial charge in [-0.25, -0.2) is 9.78 Å². The zero-order chi connectivity index (χ0) is 21.1. The van der Waals surface area contributed by atoms with Crippen LogP contribution in [-0.4, -0.2) is 45.5 Å². The lowest BCUT2D eigenvalue weighted by Crippen LogP contribution is -2.44. The van der Waals surface area contributed by atoms with Gasteiger partial charge < -0.3 is 14.2 Å². The van der Waals surface area contributed by atoms with Crippen molar-refractivity contribution < 1.29 is 14.3 Å². The standard InChI is InChI=1S/C22H29N3O4/c1-5-25-19-12-11-16(13-18(19)23-14(2)20(25)26)22(28)29-15(3)21(27)24(4)17-9-7-6-8-10-17/h11-13,15,17H,5-10H2,1-4H3/t15-/m0/s1. The summed E-state index contributed by atoms with van der Waals surface area (Å²) in [5.41, 5.74) is 1.77. The second-order valence-corrected chi connectivity index (χ2v) is 7.74. The Kier molecular flexibility index (Phi) is 6.35. The van der Waals surface area contributed by atoms with Gasteiger partial charge >= 0.3 is 5.97 Å². The second-order valence-electron chi connectivity index (χ2n) is 7.74. The Bertz CT molecular complexity index is 976. The van der Waals surface area contributed by atoms with Crippen molar-refractivity contribution in [3.05, 3.63) is 39.8 Å². The lowest BCUT2D eigenvalue weighted by Gasteiger charge is -2.32. The number of fused-ring (bicyclic) bond motifs is 1. The van der Waals surface area contributed by atoms with Gasteiger partial charge in [-0.15, -0.1) is 0 Å². The second kappa shape index (κ2) is 8.76. The van der Waals surface area contributed by atoms with E-state index in [1.54, 1.807) is 48.6 Å². The maximum Gasteiger partial charge on any atom is 0.338 e. The number of benzene rings is 1. The highest BCUT2D eigenvalue weighted by Gasteiger charge is 2.28. The molecule has 0 unspecified atom stereocenters.